The summed E-state index contributed by atoms with van der Waals surface area (Å²) in [4.78, 5) is 38.3. The van der Waals surface area contributed by atoms with Gasteiger partial charge in [-0.15, -0.1) is 0 Å². The lowest BCUT2D eigenvalue weighted by molar-refractivity contribution is -0.125. The number of nitrogens with one attached hydrogen (secondary N) is 3. The molecule has 2 aromatic rings. The van der Waals surface area contributed by atoms with Crippen LogP contribution >= 0.6 is 0 Å². The summed E-state index contributed by atoms with van der Waals surface area (Å²) in [5, 5.41) is 6.25. The maximum absolute atomic E-state index is 12.4. The van der Waals surface area contributed by atoms with E-state index in [9.17, 15) is 9.59 Å². The third kappa shape index (κ3) is 4.09. The average Bonchev–Trinajstić information content (AvgIpc) is 3.35. The Morgan fingerprint density at radius 1 is 1.41 bits per heavy atom. The quantitative estimate of drug-likeness (QED) is 0.455. The minimum atomic E-state index is -0.223. The van der Waals surface area contributed by atoms with Crippen LogP contribution < -0.4 is 10.6 Å². The zero-order chi connectivity index (χ0) is 20.4. The van der Waals surface area contributed by atoms with Crippen molar-refractivity contribution in [1.29, 1.82) is 0 Å². The number of hydrogen-bond donors (Lipinski definition) is 3. The predicted octanol–water partition coefficient (Wildman–Crippen LogP) is 1.17. The van der Waals surface area contributed by atoms with Crippen molar-refractivity contribution in [2.24, 2.45) is 11.8 Å². The van der Waals surface area contributed by atoms with Crippen LogP contribution in [-0.4, -0.2) is 71.1 Å². The molecule has 3 heterocycles. The first-order chi connectivity index (χ1) is 14.1. The van der Waals surface area contributed by atoms with E-state index in [4.69, 9.17) is 4.74 Å². The first-order valence-corrected chi connectivity index (χ1v) is 9.90. The van der Waals surface area contributed by atoms with Crippen LogP contribution in [0.25, 0.3) is 11.2 Å². The number of hydrogen-bond acceptors (Lipinski definition) is 6. The maximum Gasteiger partial charge on any atom is 0.255 e. The highest BCUT2D eigenvalue weighted by Crippen LogP contribution is 2.42. The summed E-state index contributed by atoms with van der Waals surface area (Å²) in [7, 11) is 1.59. The summed E-state index contributed by atoms with van der Waals surface area (Å²) in [5.41, 5.74) is 1.52. The Balaban J connectivity index is 1.51. The van der Waals surface area contributed by atoms with Gasteiger partial charge in [0.05, 0.1) is 18.4 Å². The minimum Gasteiger partial charge on any atom is -0.383 e. The minimum absolute atomic E-state index is 0.0397. The standard InChI is InChI=1S/C20H26N6O3/c1-3-17(27)26-10-14(12-4-5-12)15(11-26)24-16-9-23-19-18(25-16)13(8-22-19)20(28)21-6-7-29-2/h3,8-9,12,14-15H,1,4-7,10-11H2,2H3,(H,21,28)(H,22,23)(H,24,25)/t14-,15-/m0/s1. The molecule has 2 amide bonds. The van der Waals surface area contributed by atoms with E-state index in [1.54, 1.807) is 19.5 Å². The van der Waals surface area contributed by atoms with Gasteiger partial charge < -0.3 is 25.3 Å². The molecule has 2 aromatic heterocycles. The zero-order valence-electron chi connectivity index (χ0n) is 16.5. The van der Waals surface area contributed by atoms with Gasteiger partial charge in [-0.25, -0.2) is 9.97 Å². The molecule has 2 atom stereocenters. The first kappa shape index (κ1) is 19.4. The van der Waals surface area contributed by atoms with Crippen molar-refractivity contribution in [2.75, 3.05) is 38.7 Å². The van der Waals surface area contributed by atoms with E-state index in [0.717, 1.165) is 6.54 Å². The lowest BCUT2D eigenvalue weighted by Crippen LogP contribution is -2.31. The highest BCUT2D eigenvalue weighted by molar-refractivity contribution is 6.04. The van der Waals surface area contributed by atoms with E-state index in [1.807, 2.05) is 4.90 Å². The van der Waals surface area contributed by atoms with Crippen molar-refractivity contribution < 1.29 is 14.3 Å². The number of aromatic amines is 1. The van der Waals surface area contributed by atoms with Crippen LogP contribution in [0.15, 0.2) is 25.0 Å². The molecule has 1 saturated heterocycles. The van der Waals surface area contributed by atoms with Crippen molar-refractivity contribution in [3.63, 3.8) is 0 Å². The molecule has 1 saturated carbocycles. The molecule has 4 rings (SSSR count). The second-order valence-electron chi connectivity index (χ2n) is 7.60. The Morgan fingerprint density at radius 3 is 2.97 bits per heavy atom. The van der Waals surface area contributed by atoms with Crippen molar-refractivity contribution in [2.45, 2.75) is 18.9 Å². The summed E-state index contributed by atoms with van der Waals surface area (Å²) in [6.45, 7) is 5.81. The average molecular weight is 398 g/mol. The smallest absolute Gasteiger partial charge is 0.255 e. The summed E-state index contributed by atoms with van der Waals surface area (Å²) >= 11 is 0. The van der Waals surface area contributed by atoms with Crippen LogP contribution in [0.1, 0.15) is 23.2 Å². The highest BCUT2D eigenvalue weighted by Gasteiger charge is 2.43. The topological polar surface area (TPSA) is 112 Å². The monoisotopic (exact) mass is 398 g/mol. The first-order valence-electron chi connectivity index (χ1n) is 9.90. The number of carbonyl (C=O) groups is 2. The molecule has 154 valence electrons. The van der Waals surface area contributed by atoms with Gasteiger partial charge in [-0.1, -0.05) is 6.58 Å². The van der Waals surface area contributed by atoms with Crippen molar-refractivity contribution in [1.82, 2.24) is 25.2 Å². The number of anilines is 1. The predicted molar refractivity (Wildman–Crippen MR) is 108 cm³/mol. The fourth-order valence-electron chi connectivity index (χ4n) is 3.98. The number of ether oxygens (including phenoxy) is 1. The molecular formula is C20H26N6O3. The zero-order valence-corrected chi connectivity index (χ0v) is 16.5. The number of nitrogens with zero attached hydrogens (tertiary/aromatic N) is 3. The number of likely N-dealkylation sites (tertiary alicyclic amines) is 1. The molecule has 3 N–H and O–H groups in total. The van der Waals surface area contributed by atoms with E-state index in [1.165, 1.54) is 18.9 Å². The van der Waals surface area contributed by atoms with Crippen molar-refractivity contribution in [3.8, 4) is 0 Å². The molecule has 0 radical (unpaired) electrons. The van der Waals surface area contributed by atoms with E-state index in [0.29, 0.717) is 54.1 Å². The summed E-state index contributed by atoms with van der Waals surface area (Å²) in [6, 6.07) is 0.107. The van der Waals surface area contributed by atoms with Crippen LogP contribution in [0.4, 0.5) is 5.82 Å². The number of fused-ring (bicyclic) bond motifs is 1. The number of amides is 2. The Morgan fingerprint density at radius 2 is 2.24 bits per heavy atom. The molecule has 0 aromatic carbocycles. The van der Waals surface area contributed by atoms with Gasteiger partial charge in [-0.3, -0.25) is 9.59 Å². The number of rotatable bonds is 8. The van der Waals surface area contributed by atoms with Crippen LogP contribution in [0.2, 0.25) is 0 Å². The molecule has 29 heavy (non-hydrogen) atoms. The number of carbonyl (C=O) groups excluding carboxylic acids is 2. The van der Waals surface area contributed by atoms with Gasteiger partial charge in [0, 0.05) is 44.9 Å². The maximum atomic E-state index is 12.4. The second-order valence-corrected chi connectivity index (χ2v) is 7.60. The molecule has 2 fully saturated rings. The fourth-order valence-corrected chi connectivity index (χ4v) is 3.98. The van der Waals surface area contributed by atoms with E-state index in [2.05, 4.69) is 32.2 Å². The van der Waals surface area contributed by atoms with Crippen LogP contribution in [0.5, 0.6) is 0 Å². The van der Waals surface area contributed by atoms with Gasteiger partial charge in [0.25, 0.3) is 5.91 Å². The van der Waals surface area contributed by atoms with Gasteiger partial charge in [-0.05, 0) is 24.8 Å². The summed E-state index contributed by atoms with van der Waals surface area (Å²) in [5.74, 6) is 1.37. The third-order valence-electron chi connectivity index (χ3n) is 5.63. The van der Waals surface area contributed by atoms with Crippen molar-refractivity contribution in [3.05, 3.63) is 30.6 Å². The van der Waals surface area contributed by atoms with E-state index < -0.39 is 0 Å². The SMILES string of the molecule is C=CC(=O)N1C[C@H](Nc2cnc3[nH]cc(C(=O)NCCOC)c3n2)[C@H](C2CC2)C1. The van der Waals surface area contributed by atoms with E-state index in [-0.39, 0.29) is 17.9 Å². The molecule has 9 heteroatoms. The Labute approximate surface area is 168 Å². The second kappa shape index (κ2) is 8.20. The van der Waals surface area contributed by atoms with Gasteiger partial charge in [0.2, 0.25) is 5.91 Å². The summed E-state index contributed by atoms with van der Waals surface area (Å²) in [6.07, 6.45) is 7.05. The lowest BCUT2D eigenvalue weighted by Gasteiger charge is -2.19. The normalized spacial score (nSPS) is 21.3. The van der Waals surface area contributed by atoms with Gasteiger partial charge in [0.15, 0.2) is 5.65 Å². The van der Waals surface area contributed by atoms with Gasteiger partial charge in [-0.2, -0.15) is 0 Å². The Kier molecular flexibility index (Phi) is 5.48. The van der Waals surface area contributed by atoms with Crippen LogP contribution in [-0.2, 0) is 9.53 Å². The molecule has 0 spiro atoms. The molecule has 0 bridgehead atoms. The molecule has 0 unspecified atom stereocenters. The molecule has 9 nitrogen and oxygen atoms in total. The fraction of sp³-hybridized carbons (Fsp3) is 0.500. The third-order valence-corrected chi connectivity index (χ3v) is 5.63. The van der Waals surface area contributed by atoms with E-state index >= 15 is 0 Å². The lowest BCUT2D eigenvalue weighted by atomic mass is 9.98. The molecule has 2 aliphatic rings. The largest absolute Gasteiger partial charge is 0.383 e. The number of H-pyrrole nitrogens is 1. The molecular weight excluding hydrogens is 372 g/mol. The van der Waals surface area contributed by atoms with Crippen LogP contribution in [0.3, 0.4) is 0 Å². The van der Waals surface area contributed by atoms with Crippen LogP contribution in [0, 0.1) is 11.8 Å². The number of aromatic nitrogens is 3. The van der Waals surface area contributed by atoms with Crippen molar-refractivity contribution >= 4 is 28.8 Å². The highest BCUT2D eigenvalue weighted by atomic mass is 16.5. The number of methoxy groups -OCH3 is 1. The Bertz CT molecular complexity index is 922. The molecule has 1 aliphatic carbocycles. The summed E-state index contributed by atoms with van der Waals surface area (Å²) < 4.78 is 4.96. The Hall–Kier alpha value is -2.94. The van der Waals surface area contributed by atoms with Gasteiger partial charge >= 0.3 is 0 Å². The molecule has 1 aliphatic heterocycles. The van der Waals surface area contributed by atoms with Gasteiger partial charge in [0.1, 0.15) is 11.3 Å².